The standard InChI is InChI=1S/C20H11Cl2NO2S/c21-13-7-5-8-14(22)18(13)20(24)25-16-10-3-1-6-12(16)19-23-15-9-2-4-11-17(15)26-19/h1-11H. The summed E-state index contributed by atoms with van der Waals surface area (Å²) in [5, 5.41) is 1.28. The van der Waals surface area contributed by atoms with Crippen molar-refractivity contribution < 1.29 is 9.53 Å². The number of para-hydroxylation sites is 2. The van der Waals surface area contributed by atoms with Gasteiger partial charge in [0, 0.05) is 0 Å². The van der Waals surface area contributed by atoms with Gasteiger partial charge in [-0.05, 0) is 36.4 Å². The van der Waals surface area contributed by atoms with Crippen molar-refractivity contribution >= 4 is 50.7 Å². The predicted molar refractivity (Wildman–Crippen MR) is 106 cm³/mol. The van der Waals surface area contributed by atoms with Crippen LogP contribution in [0.3, 0.4) is 0 Å². The molecular weight excluding hydrogens is 389 g/mol. The highest BCUT2D eigenvalue weighted by molar-refractivity contribution is 7.21. The van der Waals surface area contributed by atoms with E-state index in [1.165, 1.54) is 11.3 Å². The number of halogens is 2. The Bertz CT molecular complexity index is 1070. The first-order valence-corrected chi connectivity index (χ1v) is 9.32. The highest BCUT2D eigenvalue weighted by Crippen LogP contribution is 2.36. The topological polar surface area (TPSA) is 39.2 Å². The minimum Gasteiger partial charge on any atom is -0.422 e. The second-order valence-corrected chi connectivity index (χ2v) is 7.31. The van der Waals surface area contributed by atoms with Crippen LogP contribution in [0.15, 0.2) is 66.7 Å². The van der Waals surface area contributed by atoms with Crippen LogP contribution in [0.25, 0.3) is 20.8 Å². The average Bonchev–Trinajstić information content (AvgIpc) is 3.06. The molecule has 0 atom stereocenters. The number of carbonyl (C=O) groups excluding carboxylic acids is 1. The number of hydrogen-bond acceptors (Lipinski definition) is 4. The number of nitrogens with zero attached hydrogens (tertiary/aromatic N) is 1. The lowest BCUT2D eigenvalue weighted by Crippen LogP contribution is -2.10. The lowest BCUT2D eigenvalue weighted by Gasteiger charge is -2.10. The minimum absolute atomic E-state index is 0.148. The molecule has 0 fully saturated rings. The van der Waals surface area contributed by atoms with Gasteiger partial charge in [-0.1, -0.05) is 53.5 Å². The summed E-state index contributed by atoms with van der Waals surface area (Å²) in [6, 6.07) is 20.0. The van der Waals surface area contributed by atoms with Gasteiger partial charge in [-0.3, -0.25) is 0 Å². The Morgan fingerprint density at radius 2 is 1.58 bits per heavy atom. The van der Waals surface area contributed by atoms with Crippen molar-refractivity contribution in [3.63, 3.8) is 0 Å². The van der Waals surface area contributed by atoms with Gasteiger partial charge in [0.25, 0.3) is 0 Å². The third kappa shape index (κ3) is 3.19. The van der Waals surface area contributed by atoms with Crippen LogP contribution in [-0.4, -0.2) is 11.0 Å². The average molecular weight is 400 g/mol. The monoisotopic (exact) mass is 399 g/mol. The molecule has 0 saturated heterocycles. The van der Waals surface area contributed by atoms with Crippen LogP contribution < -0.4 is 4.74 Å². The molecule has 0 spiro atoms. The van der Waals surface area contributed by atoms with Crippen LogP contribution in [0.4, 0.5) is 0 Å². The summed E-state index contributed by atoms with van der Waals surface area (Å²) in [5.74, 6) is -0.193. The first-order chi connectivity index (χ1) is 12.6. The molecule has 0 aliphatic rings. The molecule has 0 N–H and O–H groups in total. The Morgan fingerprint density at radius 3 is 2.35 bits per heavy atom. The maximum absolute atomic E-state index is 12.6. The fourth-order valence-corrected chi connectivity index (χ4v) is 4.11. The first-order valence-electron chi connectivity index (χ1n) is 7.74. The van der Waals surface area contributed by atoms with Crippen molar-refractivity contribution in [3.05, 3.63) is 82.3 Å². The van der Waals surface area contributed by atoms with Gasteiger partial charge in [0.15, 0.2) is 0 Å². The number of hydrogen-bond donors (Lipinski definition) is 0. The molecule has 3 nitrogen and oxygen atoms in total. The van der Waals surface area contributed by atoms with E-state index < -0.39 is 5.97 Å². The van der Waals surface area contributed by atoms with Gasteiger partial charge in [-0.15, -0.1) is 11.3 Å². The van der Waals surface area contributed by atoms with Crippen LogP contribution in [0.5, 0.6) is 5.75 Å². The number of carbonyl (C=O) groups is 1. The molecule has 1 heterocycles. The van der Waals surface area contributed by atoms with Gasteiger partial charge < -0.3 is 4.74 Å². The van der Waals surface area contributed by atoms with Gasteiger partial charge in [0.2, 0.25) is 0 Å². The van der Waals surface area contributed by atoms with Crippen molar-refractivity contribution in [2.45, 2.75) is 0 Å². The second-order valence-electron chi connectivity index (χ2n) is 5.47. The first kappa shape index (κ1) is 17.0. The molecule has 0 saturated carbocycles. The van der Waals surface area contributed by atoms with Gasteiger partial charge in [0.1, 0.15) is 10.8 Å². The molecule has 3 aromatic carbocycles. The summed E-state index contributed by atoms with van der Waals surface area (Å²) in [5.41, 5.74) is 1.79. The molecule has 0 amide bonds. The Morgan fingerprint density at radius 1 is 0.885 bits per heavy atom. The van der Waals surface area contributed by atoms with Gasteiger partial charge >= 0.3 is 5.97 Å². The molecule has 0 unspecified atom stereocenters. The fraction of sp³-hybridized carbons (Fsp3) is 0. The molecule has 0 aliphatic heterocycles. The molecular formula is C20H11Cl2NO2S. The van der Waals surface area contributed by atoms with Crippen molar-refractivity contribution in [1.82, 2.24) is 4.98 Å². The summed E-state index contributed by atoms with van der Waals surface area (Å²) >= 11 is 13.7. The van der Waals surface area contributed by atoms with Crippen LogP contribution in [0, 0.1) is 0 Å². The molecule has 1 aromatic heterocycles. The van der Waals surface area contributed by atoms with E-state index >= 15 is 0 Å². The highest BCUT2D eigenvalue weighted by atomic mass is 35.5. The van der Waals surface area contributed by atoms with E-state index in [2.05, 4.69) is 4.98 Å². The number of esters is 1. The maximum Gasteiger partial charge on any atom is 0.346 e. The Hall–Kier alpha value is -2.40. The zero-order valence-electron chi connectivity index (χ0n) is 13.3. The molecule has 0 bridgehead atoms. The lowest BCUT2D eigenvalue weighted by molar-refractivity contribution is 0.0736. The molecule has 4 rings (SSSR count). The zero-order chi connectivity index (χ0) is 18.1. The SMILES string of the molecule is O=C(Oc1ccccc1-c1nc2ccccc2s1)c1c(Cl)cccc1Cl. The summed E-state index contributed by atoms with van der Waals surface area (Å²) in [7, 11) is 0. The van der Waals surface area contributed by atoms with Crippen LogP contribution in [0.2, 0.25) is 10.0 Å². The van der Waals surface area contributed by atoms with Crippen LogP contribution in [0.1, 0.15) is 10.4 Å². The van der Waals surface area contributed by atoms with Gasteiger partial charge in [0.05, 0.1) is 31.4 Å². The smallest absolute Gasteiger partial charge is 0.346 e. The summed E-state index contributed by atoms with van der Waals surface area (Å²) in [6.45, 7) is 0. The van der Waals surface area contributed by atoms with Crippen LogP contribution in [-0.2, 0) is 0 Å². The van der Waals surface area contributed by atoms with E-state index in [1.54, 1.807) is 30.3 Å². The third-order valence-electron chi connectivity index (χ3n) is 3.78. The Labute approximate surface area is 163 Å². The van der Waals surface area contributed by atoms with E-state index in [0.717, 1.165) is 20.8 Å². The van der Waals surface area contributed by atoms with E-state index in [9.17, 15) is 4.79 Å². The molecule has 26 heavy (non-hydrogen) atoms. The van der Waals surface area contributed by atoms with Crippen molar-refractivity contribution in [2.75, 3.05) is 0 Å². The number of aromatic nitrogens is 1. The molecule has 0 radical (unpaired) electrons. The van der Waals surface area contributed by atoms with E-state index in [-0.39, 0.29) is 15.6 Å². The Kier molecular flexibility index (Phi) is 4.64. The number of thiazole rings is 1. The van der Waals surface area contributed by atoms with E-state index in [1.807, 2.05) is 36.4 Å². The van der Waals surface area contributed by atoms with Gasteiger partial charge in [-0.25, -0.2) is 9.78 Å². The second kappa shape index (κ2) is 7.08. The van der Waals surface area contributed by atoms with Crippen molar-refractivity contribution in [2.24, 2.45) is 0 Å². The quantitative estimate of drug-likeness (QED) is 0.292. The molecule has 128 valence electrons. The molecule has 0 aliphatic carbocycles. The highest BCUT2D eigenvalue weighted by Gasteiger charge is 2.19. The molecule has 4 aromatic rings. The Balaban J connectivity index is 1.73. The molecule has 6 heteroatoms. The normalized spacial score (nSPS) is 10.8. The number of fused-ring (bicyclic) bond motifs is 1. The summed E-state index contributed by atoms with van der Waals surface area (Å²) in [6.07, 6.45) is 0. The summed E-state index contributed by atoms with van der Waals surface area (Å²) in [4.78, 5) is 17.2. The fourth-order valence-electron chi connectivity index (χ4n) is 2.56. The predicted octanol–water partition coefficient (Wildman–Crippen LogP) is 6.49. The summed E-state index contributed by atoms with van der Waals surface area (Å²) < 4.78 is 6.67. The van der Waals surface area contributed by atoms with Gasteiger partial charge in [-0.2, -0.15) is 0 Å². The zero-order valence-corrected chi connectivity index (χ0v) is 15.6. The van der Waals surface area contributed by atoms with Crippen molar-refractivity contribution in [3.8, 4) is 16.3 Å². The third-order valence-corrected chi connectivity index (χ3v) is 5.48. The minimum atomic E-state index is -0.603. The number of rotatable bonds is 3. The van der Waals surface area contributed by atoms with Crippen molar-refractivity contribution in [1.29, 1.82) is 0 Å². The van der Waals surface area contributed by atoms with E-state index in [0.29, 0.717) is 5.75 Å². The number of benzene rings is 3. The largest absolute Gasteiger partial charge is 0.422 e. The van der Waals surface area contributed by atoms with Crippen LogP contribution >= 0.6 is 34.5 Å². The van der Waals surface area contributed by atoms with E-state index in [4.69, 9.17) is 27.9 Å². The number of ether oxygens (including phenoxy) is 1. The maximum atomic E-state index is 12.6. The lowest BCUT2D eigenvalue weighted by atomic mass is 10.2.